The zero-order chi connectivity index (χ0) is 15.2. The number of nitrogens with zero attached hydrogens (tertiary/aromatic N) is 3. The topological polar surface area (TPSA) is 47.5 Å². The van der Waals surface area contributed by atoms with Crippen LogP contribution < -0.4 is 4.90 Å². The van der Waals surface area contributed by atoms with Crippen LogP contribution in [0.2, 0.25) is 0 Å². The fourth-order valence-corrected chi connectivity index (χ4v) is 3.31. The van der Waals surface area contributed by atoms with Crippen molar-refractivity contribution in [1.29, 1.82) is 0 Å². The number of thiophene rings is 1. The van der Waals surface area contributed by atoms with Crippen LogP contribution in [0.4, 0.5) is 5.82 Å². The molecule has 6 heteroatoms. The predicted molar refractivity (Wildman–Crippen MR) is 87.5 cm³/mol. The molecule has 2 aromatic heterocycles. The van der Waals surface area contributed by atoms with E-state index in [2.05, 4.69) is 38.4 Å². The Labute approximate surface area is 134 Å². The summed E-state index contributed by atoms with van der Waals surface area (Å²) in [5.41, 5.74) is 1.08. The summed E-state index contributed by atoms with van der Waals surface area (Å²) in [5.74, 6) is 1.36. The lowest BCUT2D eigenvalue weighted by atomic mass is 10.0. The second-order valence-corrected chi connectivity index (χ2v) is 6.39. The van der Waals surface area contributed by atoms with Gasteiger partial charge in [-0.2, -0.15) is 0 Å². The van der Waals surface area contributed by atoms with Gasteiger partial charge in [-0.05, 0) is 17.9 Å². The summed E-state index contributed by atoms with van der Waals surface area (Å²) in [5, 5.41) is 2.10. The molecule has 0 spiro atoms. The Morgan fingerprint density at radius 1 is 1.45 bits per heavy atom. The fraction of sp³-hybridized carbons (Fsp3) is 0.500. The lowest BCUT2D eigenvalue weighted by molar-refractivity contribution is 0.193. The van der Waals surface area contributed by atoms with Crippen molar-refractivity contribution in [2.45, 2.75) is 18.9 Å². The molecular weight excluding hydrogens is 298 g/mol. The summed E-state index contributed by atoms with van der Waals surface area (Å²) in [6.45, 7) is 3.92. The first-order valence-corrected chi connectivity index (χ1v) is 8.40. The second kappa shape index (κ2) is 7.67. The Bertz CT molecular complexity index is 571. The summed E-state index contributed by atoms with van der Waals surface area (Å²) in [4.78, 5) is 12.5. The Hall–Kier alpha value is -1.50. The summed E-state index contributed by atoms with van der Waals surface area (Å²) in [6.07, 6.45) is 2.71. The van der Waals surface area contributed by atoms with Crippen LogP contribution in [-0.4, -0.2) is 43.4 Å². The van der Waals surface area contributed by atoms with Gasteiger partial charge in [0.25, 0.3) is 0 Å². The standard InChI is InChI=1S/C16H21N3O2S/c1-20-7-5-19(10-14-3-2-8-22-14)16-9-15(17-12-18-16)13-4-6-21-11-13/h2-3,8-9,12-13H,4-7,10-11H2,1H3/t13-/m0/s1. The van der Waals surface area contributed by atoms with Gasteiger partial charge in [0.15, 0.2) is 0 Å². The third-order valence-corrected chi connectivity index (χ3v) is 4.70. The Morgan fingerprint density at radius 2 is 2.41 bits per heavy atom. The van der Waals surface area contributed by atoms with Gasteiger partial charge in [0, 0.05) is 37.1 Å². The molecule has 1 saturated heterocycles. The molecule has 5 nitrogen and oxygen atoms in total. The molecule has 22 heavy (non-hydrogen) atoms. The minimum Gasteiger partial charge on any atom is -0.383 e. The molecular formula is C16H21N3O2S. The maximum Gasteiger partial charge on any atom is 0.132 e. The number of anilines is 1. The summed E-state index contributed by atoms with van der Waals surface area (Å²) < 4.78 is 10.7. The molecule has 3 rings (SSSR count). The maximum atomic E-state index is 5.47. The number of ether oxygens (including phenoxy) is 2. The molecule has 3 heterocycles. The largest absolute Gasteiger partial charge is 0.383 e. The molecule has 2 aromatic rings. The molecule has 0 bridgehead atoms. The number of aromatic nitrogens is 2. The lowest BCUT2D eigenvalue weighted by Crippen LogP contribution is -2.27. The average molecular weight is 319 g/mol. The molecule has 0 unspecified atom stereocenters. The molecule has 1 aliphatic rings. The average Bonchev–Trinajstić information content (AvgIpc) is 3.25. The van der Waals surface area contributed by atoms with Crippen molar-refractivity contribution in [3.05, 3.63) is 40.5 Å². The zero-order valence-electron chi connectivity index (χ0n) is 12.8. The van der Waals surface area contributed by atoms with Crippen LogP contribution in [0, 0.1) is 0 Å². The predicted octanol–water partition coefficient (Wildman–Crippen LogP) is 2.70. The summed E-state index contributed by atoms with van der Waals surface area (Å²) in [6, 6.07) is 6.33. The van der Waals surface area contributed by atoms with Gasteiger partial charge < -0.3 is 14.4 Å². The summed E-state index contributed by atoms with van der Waals surface area (Å²) in [7, 11) is 1.73. The van der Waals surface area contributed by atoms with E-state index in [-0.39, 0.29) is 0 Å². The minimum atomic E-state index is 0.396. The van der Waals surface area contributed by atoms with Crippen molar-refractivity contribution in [3.63, 3.8) is 0 Å². The van der Waals surface area contributed by atoms with E-state index in [9.17, 15) is 0 Å². The Morgan fingerprint density at radius 3 is 3.14 bits per heavy atom. The highest BCUT2D eigenvalue weighted by molar-refractivity contribution is 7.09. The normalized spacial score (nSPS) is 17.8. The van der Waals surface area contributed by atoms with Gasteiger partial charge in [0.2, 0.25) is 0 Å². The number of hydrogen-bond acceptors (Lipinski definition) is 6. The number of hydrogen-bond donors (Lipinski definition) is 0. The Kier molecular flexibility index (Phi) is 5.37. The van der Waals surface area contributed by atoms with Crippen molar-refractivity contribution in [2.75, 3.05) is 38.4 Å². The van der Waals surface area contributed by atoms with Crippen LogP contribution in [0.15, 0.2) is 29.9 Å². The van der Waals surface area contributed by atoms with E-state index >= 15 is 0 Å². The third-order valence-electron chi connectivity index (χ3n) is 3.84. The van der Waals surface area contributed by atoms with Crippen LogP contribution in [-0.2, 0) is 16.0 Å². The van der Waals surface area contributed by atoms with Crippen molar-refractivity contribution < 1.29 is 9.47 Å². The quantitative estimate of drug-likeness (QED) is 0.785. The molecule has 1 aliphatic heterocycles. The highest BCUT2D eigenvalue weighted by Crippen LogP contribution is 2.26. The summed E-state index contributed by atoms with van der Waals surface area (Å²) >= 11 is 1.76. The number of methoxy groups -OCH3 is 1. The first kappa shape index (κ1) is 15.4. The van der Waals surface area contributed by atoms with E-state index in [4.69, 9.17) is 9.47 Å². The third kappa shape index (κ3) is 3.82. The van der Waals surface area contributed by atoms with Gasteiger partial charge >= 0.3 is 0 Å². The fourth-order valence-electron chi connectivity index (χ4n) is 2.59. The van der Waals surface area contributed by atoms with E-state index in [0.29, 0.717) is 12.5 Å². The van der Waals surface area contributed by atoms with Crippen LogP contribution in [0.25, 0.3) is 0 Å². The van der Waals surface area contributed by atoms with Gasteiger partial charge in [-0.1, -0.05) is 6.07 Å². The molecule has 1 atom stereocenters. The zero-order valence-corrected chi connectivity index (χ0v) is 13.6. The molecule has 0 saturated carbocycles. The minimum absolute atomic E-state index is 0.396. The van der Waals surface area contributed by atoms with Gasteiger partial charge in [-0.3, -0.25) is 0 Å². The first-order chi connectivity index (χ1) is 10.9. The molecule has 0 aliphatic carbocycles. The molecule has 118 valence electrons. The Balaban J connectivity index is 1.78. The van der Waals surface area contributed by atoms with Crippen molar-refractivity contribution in [1.82, 2.24) is 9.97 Å². The molecule has 0 amide bonds. The van der Waals surface area contributed by atoms with Crippen molar-refractivity contribution >= 4 is 17.2 Å². The van der Waals surface area contributed by atoms with Crippen LogP contribution in [0.5, 0.6) is 0 Å². The lowest BCUT2D eigenvalue weighted by Gasteiger charge is -2.23. The van der Waals surface area contributed by atoms with Crippen LogP contribution in [0.1, 0.15) is 22.9 Å². The van der Waals surface area contributed by atoms with E-state index < -0.39 is 0 Å². The van der Waals surface area contributed by atoms with Gasteiger partial charge in [-0.15, -0.1) is 11.3 Å². The molecule has 0 aromatic carbocycles. The number of rotatable bonds is 7. The van der Waals surface area contributed by atoms with Gasteiger partial charge in [0.1, 0.15) is 12.1 Å². The highest BCUT2D eigenvalue weighted by atomic mass is 32.1. The molecule has 0 radical (unpaired) electrons. The highest BCUT2D eigenvalue weighted by Gasteiger charge is 2.20. The molecule has 1 fully saturated rings. The van der Waals surface area contributed by atoms with Gasteiger partial charge in [0.05, 0.1) is 25.5 Å². The van der Waals surface area contributed by atoms with Crippen LogP contribution >= 0.6 is 11.3 Å². The smallest absolute Gasteiger partial charge is 0.132 e. The van der Waals surface area contributed by atoms with Gasteiger partial charge in [-0.25, -0.2) is 9.97 Å². The monoisotopic (exact) mass is 319 g/mol. The SMILES string of the molecule is COCCN(Cc1cccs1)c1cc([C@H]2CCOC2)ncn1. The van der Waals surface area contributed by atoms with E-state index in [1.165, 1.54) is 4.88 Å². The van der Waals surface area contributed by atoms with Crippen LogP contribution in [0.3, 0.4) is 0 Å². The first-order valence-electron chi connectivity index (χ1n) is 7.53. The van der Waals surface area contributed by atoms with Crippen molar-refractivity contribution in [2.24, 2.45) is 0 Å². The van der Waals surface area contributed by atoms with E-state index in [0.717, 1.165) is 44.2 Å². The molecule has 0 N–H and O–H groups in total. The van der Waals surface area contributed by atoms with E-state index in [1.54, 1.807) is 24.8 Å². The maximum absolute atomic E-state index is 5.47. The second-order valence-electron chi connectivity index (χ2n) is 5.36. The van der Waals surface area contributed by atoms with Crippen molar-refractivity contribution in [3.8, 4) is 0 Å². The van der Waals surface area contributed by atoms with E-state index in [1.807, 2.05) is 0 Å².